The number of hydrogen-bond donors (Lipinski definition) is 2. The smallest absolute Gasteiger partial charge is 0.356 e. The van der Waals surface area contributed by atoms with Gasteiger partial charge in [-0.1, -0.05) is 19.1 Å². The van der Waals surface area contributed by atoms with Crippen LogP contribution in [0.3, 0.4) is 0 Å². The van der Waals surface area contributed by atoms with E-state index in [2.05, 4.69) is 34.3 Å². The lowest BCUT2D eigenvalue weighted by Crippen LogP contribution is -2.09. The molecule has 0 amide bonds. The minimum atomic E-state index is -1.08. The van der Waals surface area contributed by atoms with Gasteiger partial charge < -0.3 is 15.2 Å². The molecular weight excluding hydrogens is 282 g/mol. The van der Waals surface area contributed by atoms with Gasteiger partial charge in [-0.15, -0.1) is 0 Å². The molecule has 1 heterocycles. The molecule has 22 heavy (non-hydrogen) atoms. The second kappa shape index (κ2) is 7.40. The largest absolute Gasteiger partial charge is 0.497 e. The zero-order valence-corrected chi connectivity index (χ0v) is 12.6. The van der Waals surface area contributed by atoms with Crippen molar-refractivity contribution in [2.75, 3.05) is 19.0 Å². The summed E-state index contributed by atoms with van der Waals surface area (Å²) >= 11 is 0. The maximum atomic E-state index is 10.7. The quantitative estimate of drug-likeness (QED) is 0.818. The molecule has 0 aliphatic rings. The van der Waals surface area contributed by atoms with Crippen LogP contribution in [0.2, 0.25) is 0 Å². The molecule has 6 heteroatoms. The molecular formula is C16H19N3O3. The second-order valence-electron chi connectivity index (χ2n) is 4.98. The number of ether oxygens (including phenoxy) is 1. The van der Waals surface area contributed by atoms with Crippen LogP contribution in [0.15, 0.2) is 36.7 Å². The van der Waals surface area contributed by atoms with E-state index in [0.717, 1.165) is 18.7 Å². The molecule has 0 aliphatic heterocycles. The standard InChI is InChI=1S/C16H19N3O3/c1-11(12-3-5-13(22-2)6-4-12)7-8-17-15-10-18-14(9-19-15)16(20)21/h3-6,9-11H,7-8H2,1-2H3,(H,17,19)(H,20,21). The van der Waals surface area contributed by atoms with Gasteiger partial charge >= 0.3 is 5.97 Å². The van der Waals surface area contributed by atoms with Gasteiger partial charge in [-0.05, 0) is 30.0 Å². The number of carbonyl (C=O) groups is 1. The van der Waals surface area contributed by atoms with Crippen molar-refractivity contribution < 1.29 is 14.6 Å². The van der Waals surface area contributed by atoms with E-state index in [1.54, 1.807) is 7.11 Å². The lowest BCUT2D eigenvalue weighted by Gasteiger charge is -2.13. The third kappa shape index (κ3) is 4.18. The number of hydrogen-bond acceptors (Lipinski definition) is 5. The molecule has 2 N–H and O–H groups in total. The first-order valence-electron chi connectivity index (χ1n) is 7.03. The summed E-state index contributed by atoms with van der Waals surface area (Å²) < 4.78 is 5.14. The van der Waals surface area contributed by atoms with Crippen LogP contribution in [0.4, 0.5) is 5.82 Å². The number of anilines is 1. The van der Waals surface area contributed by atoms with Crippen LogP contribution >= 0.6 is 0 Å². The van der Waals surface area contributed by atoms with Gasteiger partial charge in [0.05, 0.1) is 19.5 Å². The highest BCUT2D eigenvalue weighted by molar-refractivity contribution is 5.84. The Morgan fingerprint density at radius 1 is 1.27 bits per heavy atom. The predicted molar refractivity (Wildman–Crippen MR) is 83.5 cm³/mol. The summed E-state index contributed by atoms with van der Waals surface area (Å²) in [7, 11) is 1.65. The van der Waals surface area contributed by atoms with Crippen LogP contribution in [-0.2, 0) is 0 Å². The molecule has 2 rings (SSSR count). The van der Waals surface area contributed by atoms with Gasteiger partial charge in [-0.2, -0.15) is 0 Å². The Kier molecular flexibility index (Phi) is 5.30. The van der Waals surface area contributed by atoms with E-state index in [0.29, 0.717) is 11.7 Å². The topological polar surface area (TPSA) is 84.3 Å². The first-order valence-corrected chi connectivity index (χ1v) is 7.03. The van der Waals surface area contributed by atoms with Crippen molar-refractivity contribution in [2.24, 2.45) is 0 Å². The molecule has 0 saturated carbocycles. The fourth-order valence-corrected chi connectivity index (χ4v) is 2.05. The van der Waals surface area contributed by atoms with Crippen LogP contribution in [0, 0.1) is 0 Å². The van der Waals surface area contributed by atoms with Gasteiger partial charge in [-0.3, -0.25) is 0 Å². The SMILES string of the molecule is COc1ccc(C(C)CCNc2cnc(C(=O)O)cn2)cc1. The molecule has 0 saturated heterocycles. The second-order valence-corrected chi connectivity index (χ2v) is 4.98. The summed E-state index contributed by atoms with van der Waals surface area (Å²) in [6.45, 7) is 2.89. The number of aromatic carboxylic acids is 1. The van der Waals surface area contributed by atoms with Crippen molar-refractivity contribution >= 4 is 11.8 Å². The molecule has 0 radical (unpaired) electrons. The molecule has 0 spiro atoms. The number of rotatable bonds is 7. The Hall–Kier alpha value is -2.63. The van der Waals surface area contributed by atoms with Crippen LogP contribution in [0.1, 0.15) is 35.3 Å². The summed E-state index contributed by atoms with van der Waals surface area (Å²) in [5, 5.41) is 11.9. The average Bonchev–Trinajstić information content (AvgIpc) is 2.55. The van der Waals surface area contributed by atoms with E-state index in [9.17, 15) is 4.79 Å². The number of nitrogens with one attached hydrogen (secondary N) is 1. The minimum absolute atomic E-state index is 0.0582. The predicted octanol–water partition coefficient (Wildman–Crippen LogP) is 2.79. The van der Waals surface area contributed by atoms with Crippen LogP contribution in [-0.4, -0.2) is 34.7 Å². The van der Waals surface area contributed by atoms with Crippen molar-refractivity contribution in [2.45, 2.75) is 19.3 Å². The summed E-state index contributed by atoms with van der Waals surface area (Å²) in [4.78, 5) is 18.5. The highest BCUT2D eigenvalue weighted by atomic mass is 16.5. The molecule has 2 aromatic rings. The molecule has 1 unspecified atom stereocenters. The number of methoxy groups -OCH3 is 1. The van der Waals surface area contributed by atoms with Gasteiger partial charge in [-0.25, -0.2) is 14.8 Å². The minimum Gasteiger partial charge on any atom is -0.497 e. The molecule has 1 atom stereocenters. The lowest BCUT2D eigenvalue weighted by atomic mass is 9.98. The fourth-order valence-electron chi connectivity index (χ4n) is 2.05. The molecule has 1 aromatic carbocycles. The van der Waals surface area contributed by atoms with Gasteiger partial charge in [0.2, 0.25) is 0 Å². The molecule has 1 aromatic heterocycles. The maximum absolute atomic E-state index is 10.7. The highest BCUT2D eigenvalue weighted by Gasteiger charge is 2.07. The monoisotopic (exact) mass is 301 g/mol. The third-order valence-electron chi connectivity index (χ3n) is 3.44. The van der Waals surface area contributed by atoms with Gasteiger partial charge in [0, 0.05) is 6.54 Å². The number of benzene rings is 1. The number of aromatic nitrogens is 2. The van der Waals surface area contributed by atoms with E-state index in [4.69, 9.17) is 9.84 Å². The van der Waals surface area contributed by atoms with E-state index < -0.39 is 5.97 Å². The Bertz CT molecular complexity index is 612. The zero-order chi connectivity index (χ0) is 15.9. The zero-order valence-electron chi connectivity index (χ0n) is 12.6. The Morgan fingerprint density at radius 2 is 2.00 bits per heavy atom. The van der Waals surface area contributed by atoms with Gasteiger partial charge in [0.1, 0.15) is 11.6 Å². The molecule has 0 bridgehead atoms. The Balaban J connectivity index is 1.83. The maximum Gasteiger partial charge on any atom is 0.356 e. The van der Waals surface area contributed by atoms with Crippen molar-refractivity contribution in [1.29, 1.82) is 0 Å². The normalized spacial score (nSPS) is 11.7. The first kappa shape index (κ1) is 15.8. The van der Waals surface area contributed by atoms with Crippen molar-refractivity contribution in [3.05, 3.63) is 47.9 Å². The van der Waals surface area contributed by atoms with Crippen LogP contribution in [0.25, 0.3) is 0 Å². The lowest BCUT2D eigenvalue weighted by molar-refractivity contribution is 0.0690. The van der Waals surface area contributed by atoms with E-state index >= 15 is 0 Å². The molecule has 116 valence electrons. The number of carboxylic acids is 1. The van der Waals surface area contributed by atoms with Gasteiger partial charge in [0.25, 0.3) is 0 Å². The summed E-state index contributed by atoms with van der Waals surface area (Å²) in [5.41, 5.74) is 1.19. The number of nitrogens with zero attached hydrogens (tertiary/aromatic N) is 2. The van der Waals surface area contributed by atoms with Crippen molar-refractivity contribution in [3.63, 3.8) is 0 Å². The average molecular weight is 301 g/mol. The summed E-state index contributed by atoms with van der Waals surface area (Å²) in [5.74, 6) is 0.742. The molecule has 0 fully saturated rings. The fraction of sp³-hybridized carbons (Fsp3) is 0.312. The number of carboxylic acid groups (broad SMARTS) is 1. The van der Waals surface area contributed by atoms with E-state index in [1.165, 1.54) is 18.0 Å². The molecule has 6 nitrogen and oxygen atoms in total. The Labute approximate surface area is 129 Å². The summed E-state index contributed by atoms with van der Waals surface area (Å²) in [6.07, 6.45) is 3.60. The molecule has 0 aliphatic carbocycles. The third-order valence-corrected chi connectivity index (χ3v) is 3.44. The summed E-state index contributed by atoms with van der Waals surface area (Å²) in [6, 6.07) is 8.03. The van der Waals surface area contributed by atoms with Crippen molar-refractivity contribution in [3.8, 4) is 5.75 Å². The highest BCUT2D eigenvalue weighted by Crippen LogP contribution is 2.21. The van der Waals surface area contributed by atoms with Crippen LogP contribution in [0.5, 0.6) is 5.75 Å². The van der Waals surface area contributed by atoms with Crippen molar-refractivity contribution in [1.82, 2.24) is 9.97 Å². The van der Waals surface area contributed by atoms with E-state index in [-0.39, 0.29) is 5.69 Å². The van der Waals surface area contributed by atoms with Crippen LogP contribution < -0.4 is 10.1 Å². The van der Waals surface area contributed by atoms with E-state index in [1.807, 2.05) is 12.1 Å². The van der Waals surface area contributed by atoms with Gasteiger partial charge in [0.15, 0.2) is 5.69 Å². The first-order chi connectivity index (χ1) is 10.6. The Morgan fingerprint density at radius 3 is 2.55 bits per heavy atom.